The van der Waals surface area contributed by atoms with Gasteiger partial charge in [-0.25, -0.2) is 0 Å². The van der Waals surface area contributed by atoms with E-state index in [2.05, 4.69) is 15.8 Å². The number of methoxy groups -OCH3 is 2. The highest BCUT2D eigenvalue weighted by Crippen LogP contribution is 2.32. The first kappa shape index (κ1) is 25.8. The molecule has 0 aliphatic heterocycles. The van der Waals surface area contributed by atoms with Gasteiger partial charge in [-0.3, -0.25) is 9.59 Å². The highest BCUT2D eigenvalue weighted by molar-refractivity contribution is 6.33. The number of rotatable bonds is 9. The number of nitrogens with zero attached hydrogens (tertiary/aromatic N) is 1. The molecule has 4 rings (SSSR count). The second-order valence-corrected chi connectivity index (χ2v) is 8.54. The Bertz CT molecular complexity index is 1430. The molecule has 9 heteroatoms. The lowest BCUT2D eigenvalue weighted by molar-refractivity contribution is 0.0955. The smallest absolute Gasteiger partial charge is 0.261 e. The lowest BCUT2D eigenvalue weighted by Gasteiger charge is -2.13. The van der Waals surface area contributed by atoms with Crippen LogP contribution in [0, 0.1) is 6.92 Å². The SMILES string of the molecule is COc1ccc(CCNC(=O)c2ccccc2NC(=O)c2c(-c3ccccc3Cl)noc2C)cc1OC. The Balaban J connectivity index is 1.47. The van der Waals surface area contributed by atoms with Crippen LogP contribution >= 0.6 is 11.6 Å². The van der Waals surface area contributed by atoms with Crippen molar-refractivity contribution in [2.45, 2.75) is 13.3 Å². The highest BCUT2D eigenvalue weighted by atomic mass is 35.5. The van der Waals surface area contributed by atoms with Crippen LogP contribution in [0.25, 0.3) is 11.3 Å². The van der Waals surface area contributed by atoms with E-state index in [9.17, 15) is 9.59 Å². The van der Waals surface area contributed by atoms with Crippen LogP contribution in [0.2, 0.25) is 5.02 Å². The summed E-state index contributed by atoms with van der Waals surface area (Å²) in [6.45, 7) is 2.03. The van der Waals surface area contributed by atoms with Gasteiger partial charge >= 0.3 is 0 Å². The molecule has 3 aromatic carbocycles. The van der Waals surface area contributed by atoms with E-state index in [1.165, 1.54) is 0 Å². The van der Waals surface area contributed by atoms with Crippen molar-refractivity contribution < 1.29 is 23.6 Å². The molecule has 8 nitrogen and oxygen atoms in total. The molecule has 0 saturated heterocycles. The first-order valence-electron chi connectivity index (χ1n) is 11.5. The largest absolute Gasteiger partial charge is 0.493 e. The molecule has 1 heterocycles. The predicted molar refractivity (Wildman–Crippen MR) is 142 cm³/mol. The molecule has 0 spiro atoms. The molecule has 1 aromatic heterocycles. The van der Waals surface area contributed by atoms with E-state index in [0.29, 0.717) is 57.8 Å². The van der Waals surface area contributed by atoms with Gasteiger partial charge in [0, 0.05) is 12.1 Å². The topological polar surface area (TPSA) is 103 Å². The van der Waals surface area contributed by atoms with Crippen LogP contribution in [0.15, 0.2) is 71.3 Å². The average Bonchev–Trinajstić information content (AvgIpc) is 3.30. The number of carbonyl (C=O) groups excluding carboxylic acids is 2. The number of para-hydroxylation sites is 1. The second-order valence-electron chi connectivity index (χ2n) is 8.14. The summed E-state index contributed by atoms with van der Waals surface area (Å²) in [5, 5.41) is 10.2. The van der Waals surface area contributed by atoms with Crippen LogP contribution in [-0.4, -0.2) is 37.7 Å². The van der Waals surface area contributed by atoms with Crippen molar-refractivity contribution in [3.63, 3.8) is 0 Å². The van der Waals surface area contributed by atoms with Gasteiger partial charge in [-0.1, -0.05) is 53.2 Å². The Morgan fingerprint density at radius 1 is 0.946 bits per heavy atom. The zero-order valence-electron chi connectivity index (χ0n) is 20.6. The Morgan fingerprint density at radius 2 is 1.68 bits per heavy atom. The third-order valence-electron chi connectivity index (χ3n) is 5.79. The Morgan fingerprint density at radius 3 is 2.43 bits per heavy atom. The standard InChI is InChI=1S/C28H26ClN3O5/c1-17-25(26(32-37-17)19-8-4-6-10-21(19)29)28(34)31-22-11-7-5-9-20(22)27(33)30-15-14-18-12-13-23(35-2)24(16-18)36-3/h4-13,16H,14-15H2,1-3H3,(H,30,33)(H,31,34). The molecule has 2 amide bonds. The number of nitrogens with one attached hydrogen (secondary N) is 2. The van der Waals surface area contributed by atoms with Crippen molar-refractivity contribution in [1.82, 2.24) is 10.5 Å². The fourth-order valence-electron chi connectivity index (χ4n) is 3.90. The van der Waals surface area contributed by atoms with Crippen molar-refractivity contribution >= 4 is 29.1 Å². The fraction of sp³-hybridized carbons (Fsp3) is 0.179. The van der Waals surface area contributed by atoms with Gasteiger partial charge in [0.2, 0.25) is 0 Å². The molecule has 0 bridgehead atoms. The molecule has 0 aliphatic carbocycles. The zero-order valence-corrected chi connectivity index (χ0v) is 21.4. The van der Waals surface area contributed by atoms with E-state index in [1.54, 1.807) is 69.7 Å². The monoisotopic (exact) mass is 519 g/mol. The van der Waals surface area contributed by atoms with Crippen molar-refractivity contribution in [2.24, 2.45) is 0 Å². The molecule has 190 valence electrons. The maximum Gasteiger partial charge on any atom is 0.261 e. The lowest BCUT2D eigenvalue weighted by atomic mass is 10.0. The van der Waals surface area contributed by atoms with Gasteiger partial charge in [-0.2, -0.15) is 0 Å². The summed E-state index contributed by atoms with van der Waals surface area (Å²) in [5.41, 5.74) is 2.83. The second kappa shape index (κ2) is 11.6. The number of aryl methyl sites for hydroxylation is 1. The summed E-state index contributed by atoms with van der Waals surface area (Å²) in [6.07, 6.45) is 0.585. The van der Waals surface area contributed by atoms with Crippen LogP contribution in [-0.2, 0) is 6.42 Å². The van der Waals surface area contributed by atoms with E-state index in [-0.39, 0.29) is 11.5 Å². The molecule has 0 radical (unpaired) electrons. The van der Waals surface area contributed by atoms with E-state index < -0.39 is 5.91 Å². The molecule has 0 unspecified atom stereocenters. The van der Waals surface area contributed by atoms with Gasteiger partial charge in [-0.05, 0) is 49.2 Å². The molecule has 0 saturated carbocycles. The maximum atomic E-state index is 13.3. The van der Waals surface area contributed by atoms with Gasteiger partial charge in [0.25, 0.3) is 11.8 Å². The third kappa shape index (κ3) is 5.76. The molecule has 4 aromatic rings. The van der Waals surface area contributed by atoms with Gasteiger partial charge in [0.15, 0.2) is 11.5 Å². The van der Waals surface area contributed by atoms with Crippen LogP contribution in [0.5, 0.6) is 11.5 Å². The molecule has 0 aliphatic rings. The summed E-state index contributed by atoms with van der Waals surface area (Å²) in [5.74, 6) is 0.827. The quantitative estimate of drug-likeness (QED) is 0.301. The van der Waals surface area contributed by atoms with Gasteiger partial charge < -0.3 is 24.6 Å². The number of ether oxygens (including phenoxy) is 2. The lowest BCUT2D eigenvalue weighted by Crippen LogP contribution is -2.27. The van der Waals surface area contributed by atoms with Crippen LogP contribution in [0.1, 0.15) is 32.0 Å². The van der Waals surface area contributed by atoms with Crippen LogP contribution in [0.4, 0.5) is 5.69 Å². The number of aromatic nitrogens is 1. The van der Waals surface area contributed by atoms with Crippen molar-refractivity contribution in [3.05, 3.63) is 94.2 Å². The summed E-state index contributed by atoms with van der Waals surface area (Å²) >= 11 is 6.32. The minimum Gasteiger partial charge on any atom is -0.493 e. The summed E-state index contributed by atoms with van der Waals surface area (Å²) in [4.78, 5) is 26.3. The molecular weight excluding hydrogens is 494 g/mol. The Hall–Kier alpha value is -4.30. The third-order valence-corrected chi connectivity index (χ3v) is 6.12. The van der Waals surface area contributed by atoms with E-state index in [4.69, 9.17) is 25.6 Å². The number of amides is 2. The molecule has 0 atom stereocenters. The minimum absolute atomic E-state index is 0.247. The number of carbonyl (C=O) groups is 2. The Labute approximate surface area is 219 Å². The van der Waals surface area contributed by atoms with Gasteiger partial charge in [0.05, 0.1) is 30.5 Å². The van der Waals surface area contributed by atoms with E-state index in [0.717, 1.165) is 5.56 Å². The number of benzene rings is 3. The van der Waals surface area contributed by atoms with Crippen LogP contribution in [0.3, 0.4) is 0 Å². The molecule has 37 heavy (non-hydrogen) atoms. The first-order chi connectivity index (χ1) is 17.9. The minimum atomic E-state index is -0.459. The number of hydrogen-bond donors (Lipinski definition) is 2. The van der Waals surface area contributed by atoms with Crippen molar-refractivity contribution in [2.75, 3.05) is 26.1 Å². The van der Waals surface area contributed by atoms with Crippen molar-refractivity contribution in [1.29, 1.82) is 0 Å². The average molecular weight is 520 g/mol. The highest BCUT2D eigenvalue weighted by Gasteiger charge is 2.24. The van der Waals surface area contributed by atoms with Crippen molar-refractivity contribution in [3.8, 4) is 22.8 Å². The van der Waals surface area contributed by atoms with Gasteiger partial charge in [-0.15, -0.1) is 0 Å². The normalized spacial score (nSPS) is 10.6. The maximum absolute atomic E-state index is 13.3. The summed E-state index contributed by atoms with van der Waals surface area (Å²) in [6, 6.07) is 19.5. The molecule has 2 N–H and O–H groups in total. The molecule has 0 fully saturated rings. The zero-order chi connectivity index (χ0) is 26.4. The number of halogens is 1. The Kier molecular flexibility index (Phi) is 8.10. The van der Waals surface area contributed by atoms with E-state index >= 15 is 0 Å². The van der Waals surface area contributed by atoms with E-state index in [1.807, 2.05) is 18.2 Å². The molecular formula is C28H26ClN3O5. The summed E-state index contributed by atoms with van der Waals surface area (Å²) < 4.78 is 15.9. The number of anilines is 1. The van der Waals surface area contributed by atoms with Crippen LogP contribution < -0.4 is 20.1 Å². The van der Waals surface area contributed by atoms with Gasteiger partial charge in [0.1, 0.15) is 17.0 Å². The number of hydrogen-bond acceptors (Lipinski definition) is 6. The predicted octanol–water partition coefficient (Wildman–Crippen LogP) is 5.55. The first-order valence-corrected chi connectivity index (χ1v) is 11.9. The summed E-state index contributed by atoms with van der Waals surface area (Å²) in [7, 11) is 3.16. The fourth-order valence-corrected chi connectivity index (χ4v) is 4.13.